The van der Waals surface area contributed by atoms with Crippen molar-refractivity contribution in [1.82, 2.24) is 19.5 Å². The number of aromatic nitrogens is 3. The zero-order valence-corrected chi connectivity index (χ0v) is 15.4. The van der Waals surface area contributed by atoms with Crippen LogP contribution in [-0.4, -0.2) is 51.1 Å². The minimum Gasteiger partial charge on any atom is -0.365 e. The van der Waals surface area contributed by atoms with E-state index in [4.69, 9.17) is 0 Å². The first-order chi connectivity index (χ1) is 13.2. The minimum atomic E-state index is 0.0359. The van der Waals surface area contributed by atoms with Gasteiger partial charge in [-0.3, -0.25) is 9.69 Å². The third-order valence-corrected chi connectivity index (χ3v) is 4.87. The molecule has 1 amide bonds. The fourth-order valence-electron chi connectivity index (χ4n) is 3.51. The summed E-state index contributed by atoms with van der Waals surface area (Å²) in [6, 6.07) is 12.0. The van der Waals surface area contributed by atoms with Gasteiger partial charge in [-0.1, -0.05) is 18.2 Å². The maximum absolute atomic E-state index is 12.2. The third-order valence-electron chi connectivity index (χ3n) is 4.87. The first kappa shape index (κ1) is 17.5. The number of likely N-dealkylation sites (tertiary alicyclic amines) is 1. The lowest BCUT2D eigenvalue weighted by Crippen LogP contribution is -2.42. The molecule has 2 N–H and O–H groups in total. The molecule has 7 heteroatoms. The summed E-state index contributed by atoms with van der Waals surface area (Å²) in [7, 11) is 0. The number of nitrogens with one attached hydrogen (secondary N) is 2. The monoisotopic (exact) mass is 364 g/mol. The molecule has 140 valence electrons. The van der Waals surface area contributed by atoms with Crippen LogP contribution >= 0.6 is 0 Å². The topological polar surface area (TPSA) is 74.6 Å². The van der Waals surface area contributed by atoms with Crippen molar-refractivity contribution >= 4 is 22.9 Å². The lowest BCUT2D eigenvalue weighted by molar-refractivity contribution is -0.117. The summed E-state index contributed by atoms with van der Waals surface area (Å²) in [5.74, 6) is 0.909. The molecular weight excluding hydrogens is 340 g/mol. The molecule has 3 aromatic rings. The second kappa shape index (κ2) is 7.75. The van der Waals surface area contributed by atoms with Crippen LogP contribution in [0.5, 0.6) is 0 Å². The summed E-state index contributed by atoms with van der Waals surface area (Å²) >= 11 is 0. The lowest BCUT2D eigenvalue weighted by Gasteiger charge is -2.32. The molecule has 27 heavy (non-hydrogen) atoms. The molecule has 3 heterocycles. The maximum Gasteiger partial charge on any atom is 0.238 e. The third kappa shape index (κ3) is 4.25. The Bertz CT molecular complexity index is 915. The Morgan fingerprint density at radius 3 is 2.78 bits per heavy atom. The molecule has 4 rings (SSSR count). The highest BCUT2D eigenvalue weighted by atomic mass is 16.2. The van der Waals surface area contributed by atoms with E-state index in [9.17, 15) is 4.79 Å². The smallest absolute Gasteiger partial charge is 0.238 e. The molecule has 0 radical (unpaired) electrons. The largest absolute Gasteiger partial charge is 0.365 e. The van der Waals surface area contributed by atoms with Crippen LogP contribution in [0, 0.1) is 6.92 Å². The van der Waals surface area contributed by atoms with E-state index < -0.39 is 0 Å². The zero-order valence-electron chi connectivity index (χ0n) is 15.4. The van der Waals surface area contributed by atoms with Gasteiger partial charge in [-0.15, -0.1) is 0 Å². The van der Waals surface area contributed by atoms with E-state index in [1.165, 1.54) is 0 Å². The second-order valence-corrected chi connectivity index (χ2v) is 7.00. The lowest BCUT2D eigenvalue weighted by atomic mass is 10.0. The summed E-state index contributed by atoms with van der Waals surface area (Å²) in [4.78, 5) is 18.9. The van der Waals surface area contributed by atoms with E-state index in [2.05, 4.69) is 25.6 Å². The standard InChI is InChI=1S/C20H24N6O/c1-15-13-18-20(21-9-12-26(18)24-15)23-17-7-10-25(11-8-17)14-19(27)22-16-5-3-2-4-6-16/h2-6,9,12-13,17H,7-8,10-11,14H2,1H3,(H,21,23)(H,22,27). The highest BCUT2D eigenvalue weighted by Gasteiger charge is 2.21. The van der Waals surface area contributed by atoms with Crippen molar-refractivity contribution in [3.05, 3.63) is 54.5 Å². The van der Waals surface area contributed by atoms with Gasteiger partial charge in [0.25, 0.3) is 0 Å². The average molecular weight is 364 g/mol. The van der Waals surface area contributed by atoms with E-state index in [1.54, 1.807) is 6.20 Å². The summed E-state index contributed by atoms with van der Waals surface area (Å²) in [5.41, 5.74) is 2.82. The van der Waals surface area contributed by atoms with Gasteiger partial charge in [0.15, 0.2) is 5.82 Å². The first-order valence-corrected chi connectivity index (χ1v) is 9.32. The SMILES string of the molecule is Cc1cc2c(NC3CCN(CC(=O)Nc4ccccc4)CC3)nccn2n1. The molecule has 7 nitrogen and oxygen atoms in total. The molecule has 0 unspecified atom stereocenters. The molecule has 0 bridgehead atoms. The van der Waals surface area contributed by atoms with E-state index in [0.717, 1.165) is 48.6 Å². The molecule has 1 aliphatic rings. The number of amides is 1. The van der Waals surface area contributed by atoms with Crippen LogP contribution in [0.2, 0.25) is 0 Å². The van der Waals surface area contributed by atoms with Gasteiger partial charge in [0, 0.05) is 37.2 Å². The number of fused-ring (bicyclic) bond motifs is 1. The zero-order chi connectivity index (χ0) is 18.6. The predicted octanol–water partition coefficient (Wildman–Crippen LogP) is 2.55. The van der Waals surface area contributed by atoms with Gasteiger partial charge in [0.2, 0.25) is 5.91 Å². The molecule has 1 aliphatic heterocycles. The van der Waals surface area contributed by atoms with Gasteiger partial charge in [0.1, 0.15) is 5.52 Å². The summed E-state index contributed by atoms with van der Waals surface area (Å²) in [6.45, 7) is 4.19. The Hall–Kier alpha value is -2.93. The van der Waals surface area contributed by atoms with Crippen LogP contribution in [0.25, 0.3) is 5.52 Å². The van der Waals surface area contributed by atoms with Gasteiger partial charge in [-0.2, -0.15) is 5.10 Å². The van der Waals surface area contributed by atoms with Gasteiger partial charge in [-0.05, 0) is 38.0 Å². The Balaban J connectivity index is 1.29. The number of rotatable bonds is 5. The molecular formula is C20H24N6O. The minimum absolute atomic E-state index is 0.0359. The average Bonchev–Trinajstić information content (AvgIpc) is 3.05. The number of para-hydroxylation sites is 1. The van der Waals surface area contributed by atoms with Crippen LogP contribution in [0.3, 0.4) is 0 Å². The van der Waals surface area contributed by atoms with E-state index in [0.29, 0.717) is 12.6 Å². The molecule has 0 spiro atoms. The number of nitrogens with zero attached hydrogens (tertiary/aromatic N) is 4. The van der Waals surface area contributed by atoms with Gasteiger partial charge in [-0.25, -0.2) is 9.50 Å². The van der Waals surface area contributed by atoms with Crippen molar-refractivity contribution in [2.75, 3.05) is 30.3 Å². The number of aryl methyl sites for hydroxylation is 1. The van der Waals surface area contributed by atoms with Crippen LogP contribution in [-0.2, 0) is 4.79 Å². The molecule has 0 atom stereocenters. The Morgan fingerprint density at radius 1 is 1.22 bits per heavy atom. The highest BCUT2D eigenvalue weighted by molar-refractivity contribution is 5.92. The summed E-state index contributed by atoms with van der Waals surface area (Å²) < 4.78 is 1.85. The molecule has 0 aliphatic carbocycles. The number of hydrogen-bond acceptors (Lipinski definition) is 5. The first-order valence-electron chi connectivity index (χ1n) is 9.32. The van der Waals surface area contributed by atoms with Gasteiger partial charge < -0.3 is 10.6 Å². The number of hydrogen-bond donors (Lipinski definition) is 2. The van der Waals surface area contributed by atoms with Crippen molar-refractivity contribution in [3.8, 4) is 0 Å². The molecule has 1 fully saturated rings. The van der Waals surface area contributed by atoms with E-state index in [1.807, 2.05) is 54.0 Å². The molecule has 1 aromatic carbocycles. The Morgan fingerprint density at radius 2 is 2.00 bits per heavy atom. The van der Waals surface area contributed by atoms with Crippen LogP contribution in [0.15, 0.2) is 48.8 Å². The fourth-order valence-corrected chi connectivity index (χ4v) is 3.51. The number of carbonyl (C=O) groups excluding carboxylic acids is 1. The quantitative estimate of drug-likeness (QED) is 0.728. The van der Waals surface area contributed by atoms with Crippen molar-refractivity contribution < 1.29 is 4.79 Å². The van der Waals surface area contributed by atoms with Crippen molar-refractivity contribution in [2.24, 2.45) is 0 Å². The number of carbonyl (C=O) groups is 1. The number of benzene rings is 1. The normalized spacial score (nSPS) is 15.7. The molecule has 0 saturated carbocycles. The number of anilines is 2. The van der Waals surface area contributed by atoms with E-state index >= 15 is 0 Å². The van der Waals surface area contributed by atoms with Crippen molar-refractivity contribution in [1.29, 1.82) is 0 Å². The fraction of sp³-hybridized carbons (Fsp3) is 0.350. The molecule has 1 saturated heterocycles. The second-order valence-electron chi connectivity index (χ2n) is 7.00. The van der Waals surface area contributed by atoms with Crippen molar-refractivity contribution in [3.63, 3.8) is 0 Å². The van der Waals surface area contributed by atoms with Gasteiger partial charge >= 0.3 is 0 Å². The summed E-state index contributed by atoms with van der Waals surface area (Å²) in [5, 5.41) is 10.9. The van der Waals surface area contributed by atoms with Crippen molar-refractivity contribution in [2.45, 2.75) is 25.8 Å². The Kier molecular flexibility index (Phi) is 5.02. The predicted molar refractivity (Wildman–Crippen MR) is 106 cm³/mol. The van der Waals surface area contributed by atoms with Gasteiger partial charge in [0.05, 0.1) is 12.2 Å². The van der Waals surface area contributed by atoms with Crippen LogP contribution < -0.4 is 10.6 Å². The summed E-state index contributed by atoms with van der Waals surface area (Å²) in [6.07, 6.45) is 5.59. The highest BCUT2D eigenvalue weighted by Crippen LogP contribution is 2.20. The number of piperidine rings is 1. The van der Waals surface area contributed by atoms with Crippen LogP contribution in [0.4, 0.5) is 11.5 Å². The van der Waals surface area contributed by atoms with Crippen LogP contribution in [0.1, 0.15) is 18.5 Å². The molecule has 2 aromatic heterocycles. The Labute approximate surface area is 158 Å². The maximum atomic E-state index is 12.2. The van der Waals surface area contributed by atoms with E-state index in [-0.39, 0.29) is 5.91 Å².